The first kappa shape index (κ1) is 14.4. The van der Waals surface area contributed by atoms with Gasteiger partial charge >= 0.3 is 0 Å². The molecule has 6 heteroatoms. The Labute approximate surface area is 133 Å². The van der Waals surface area contributed by atoms with E-state index in [1.165, 1.54) is 0 Å². The molecule has 0 aliphatic heterocycles. The molecule has 1 heterocycles. The van der Waals surface area contributed by atoms with Crippen LogP contribution in [-0.2, 0) is 6.42 Å². The van der Waals surface area contributed by atoms with E-state index in [1.807, 2.05) is 0 Å². The molecule has 3 rings (SSSR count). The number of benzene rings is 1. The molecule has 2 aromatic rings. The number of ether oxygens (including phenoxy) is 1. The summed E-state index contributed by atoms with van der Waals surface area (Å²) >= 11 is 12.4. The number of halogens is 2. The smallest absolute Gasteiger partial charge is 0.220 e. The average Bonchev–Trinajstić information content (AvgIpc) is 2.80. The van der Waals surface area contributed by atoms with Gasteiger partial charge in [0.25, 0.3) is 0 Å². The molecule has 1 aromatic heterocycles. The van der Waals surface area contributed by atoms with Crippen molar-refractivity contribution < 1.29 is 4.74 Å². The summed E-state index contributed by atoms with van der Waals surface area (Å²) in [7, 11) is 1.57. The summed E-state index contributed by atoms with van der Waals surface area (Å²) in [4.78, 5) is 8.78. The van der Waals surface area contributed by atoms with Gasteiger partial charge in [0.1, 0.15) is 5.75 Å². The highest BCUT2D eigenvalue weighted by molar-refractivity contribution is 6.37. The van der Waals surface area contributed by atoms with E-state index in [0.717, 1.165) is 35.4 Å². The number of fused-ring (bicyclic) bond motifs is 1. The lowest BCUT2D eigenvalue weighted by atomic mass is 10.0. The highest BCUT2D eigenvalue weighted by Gasteiger charge is 2.26. The van der Waals surface area contributed by atoms with Crippen LogP contribution in [0.5, 0.6) is 5.75 Å². The van der Waals surface area contributed by atoms with Crippen molar-refractivity contribution in [3.8, 4) is 17.0 Å². The number of anilines is 1. The maximum atomic E-state index is 6.34. The first-order chi connectivity index (χ1) is 10.0. The summed E-state index contributed by atoms with van der Waals surface area (Å²) in [6.07, 6.45) is 1.97. The second kappa shape index (κ2) is 5.35. The van der Waals surface area contributed by atoms with E-state index in [2.05, 4.69) is 16.9 Å². The molecule has 0 fully saturated rings. The summed E-state index contributed by atoms with van der Waals surface area (Å²) < 4.78 is 5.27. The van der Waals surface area contributed by atoms with E-state index in [0.29, 0.717) is 21.7 Å². The van der Waals surface area contributed by atoms with E-state index < -0.39 is 0 Å². The highest BCUT2D eigenvalue weighted by Crippen LogP contribution is 2.41. The number of hydrogen-bond donors (Lipinski definition) is 1. The summed E-state index contributed by atoms with van der Waals surface area (Å²) in [5, 5.41) is 0.999. The van der Waals surface area contributed by atoms with Crippen LogP contribution < -0.4 is 10.5 Å². The lowest BCUT2D eigenvalue weighted by molar-refractivity contribution is 0.415. The molecule has 1 unspecified atom stereocenters. The van der Waals surface area contributed by atoms with Crippen LogP contribution in [0, 0.1) is 0 Å². The first-order valence-electron chi connectivity index (χ1n) is 6.71. The van der Waals surface area contributed by atoms with Crippen LogP contribution in [0.25, 0.3) is 11.3 Å². The normalized spacial score (nSPS) is 16.9. The zero-order valence-electron chi connectivity index (χ0n) is 11.8. The molecule has 0 saturated heterocycles. The summed E-state index contributed by atoms with van der Waals surface area (Å²) in [6, 6.07) is 3.47. The van der Waals surface area contributed by atoms with Gasteiger partial charge in [0.05, 0.1) is 28.5 Å². The van der Waals surface area contributed by atoms with Crippen molar-refractivity contribution in [2.45, 2.75) is 25.7 Å². The molecular formula is C15H15Cl2N3O. The van der Waals surface area contributed by atoms with Gasteiger partial charge < -0.3 is 10.5 Å². The third-order valence-corrected chi connectivity index (χ3v) is 4.46. The monoisotopic (exact) mass is 323 g/mol. The molecule has 21 heavy (non-hydrogen) atoms. The molecule has 4 nitrogen and oxygen atoms in total. The SMILES string of the molecule is COc1cc(-c2nc(N)nc3c2CCC3C)c(Cl)cc1Cl. The number of nitrogens with zero attached hydrogens (tertiary/aromatic N) is 2. The lowest BCUT2D eigenvalue weighted by Gasteiger charge is -2.13. The van der Waals surface area contributed by atoms with Crippen LogP contribution in [0.3, 0.4) is 0 Å². The average molecular weight is 324 g/mol. The standard InChI is InChI=1S/C15H15Cl2N3O/c1-7-3-4-8-13(7)19-15(18)20-14(8)9-5-12(21-2)11(17)6-10(9)16/h5-7H,3-4H2,1-2H3,(H2,18,19,20). The molecule has 1 aliphatic rings. The Kier molecular flexibility index (Phi) is 3.68. The minimum atomic E-state index is 0.266. The van der Waals surface area contributed by atoms with Crippen LogP contribution >= 0.6 is 23.2 Å². The third kappa shape index (κ3) is 2.43. The second-order valence-corrected chi connectivity index (χ2v) is 6.01. The van der Waals surface area contributed by atoms with Crippen molar-refractivity contribution in [3.63, 3.8) is 0 Å². The van der Waals surface area contributed by atoms with Crippen LogP contribution in [0.4, 0.5) is 5.95 Å². The molecule has 1 aromatic carbocycles. The van der Waals surface area contributed by atoms with Gasteiger partial charge in [-0.05, 0) is 30.9 Å². The topological polar surface area (TPSA) is 61.0 Å². The minimum absolute atomic E-state index is 0.266. The van der Waals surface area contributed by atoms with Gasteiger partial charge in [0.15, 0.2) is 0 Å². The fourth-order valence-electron chi connectivity index (χ4n) is 2.76. The van der Waals surface area contributed by atoms with Crippen molar-refractivity contribution in [1.29, 1.82) is 0 Å². The van der Waals surface area contributed by atoms with E-state index >= 15 is 0 Å². The van der Waals surface area contributed by atoms with Crippen LogP contribution in [0.2, 0.25) is 10.0 Å². The Hall–Kier alpha value is -1.52. The summed E-state index contributed by atoms with van der Waals surface area (Å²) in [5.74, 6) is 1.22. The highest BCUT2D eigenvalue weighted by atomic mass is 35.5. The largest absolute Gasteiger partial charge is 0.495 e. The number of methoxy groups -OCH3 is 1. The second-order valence-electron chi connectivity index (χ2n) is 5.20. The molecule has 0 radical (unpaired) electrons. The Morgan fingerprint density at radius 2 is 2.00 bits per heavy atom. The summed E-state index contributed by atoms with van der Waals surface area (Å²) in [6.45, 7) is 2.14. The van der Waals surface area contributed by atoms with Crippen molar-refractivity contribution in [1.82, 2.24) is 9.97 Å². The molecule has 0 spiro atoms. The van der Waals surface area contributed by atoms with E-state index in [9.17, 15) is 0 Å². The van der Waals surface area contributed by atoms with Crippen LogP contribution in [0.1, 0.15) is 30.5 Å². The fraction of sp³-hybridized carbons (Fsp3) is 0.333. The Morgan fingerprint density at radius 1 is 1.24 bits per heavy atom. The number of hydrogen-bond acceptors (Lipinski definition) is 4. The number of rotatable bonds is 2. The first-order valence-corrected chi connectivity index (χ1v) is 7.46. The summed E-state index contributed by atoms with van der Waals surface area (Å²) in [5.41, 5.74) is 9.54. The molecule has 1 atom stereocenters. The van der Waals surface area contributed by atoms with Crippen molar-refractivity contribution >= 4 is 29.2 Å². The zero-order valence-corrected chi connectivity index (χ0v) is 13.3. The van der Waals surface area contributed by atoms with Gasteiger partial charge in [0.2, 0.25) is 5.95 Å². The maximum absolute atomic E-state index is 6.34. The third-order valence-electron chi connectivity index (χ3n) is 3.85. The van der Waals surface area contributed by atoms with E-state index in [1.54, 1.807) is 19.2 Å². The van der Waals surface area contributed by atoms with Crippen LogP contribution in [-0.4, -0.2) is 17.1 Å². The van der Waals surface area contributed by atoms with Crippen molar-refractivity contribution in [2.24, 2.45) is 0 Å². The predicted octanol–water partition coefficient (Wildman–Crippen LogP) is 4.09. The minimum Gasteiger partial charge on any atom is -0.495 e. The maximum Gasteiger partial charge on any atom is 0.220 e. The molecule has 0 amide bonds. The zero-order chi connectivity index (χ0) is 15.1. The van der Waals surface area contributed by atoms with E-state index in [4.69, 9.17) is 33.7 Å². The van der Waals surface area contributed by atoms with Crippen molar-refractivity contribution in [3.05, 3.63) is 33.4 Å². The molecule has 110 valence electrons. The van der Waals surface area contributed by atoms with Gasteiger partial charge in [0, 0.05) is 11.1 Å². The lowest BCUT2D eigenvalue weighted by Crippen LogP contribution is -2.04. The quantitative estimate of drug-likeness (QED) is 0.904. The van der Waals surface area contributed by atoms with Gasteiger partial charge in [-0.25, -0.2) is 9.97 Å². The Balaban J connectivity index is 2.24. The molecule has 2 N–H and O–H groups in total. The molecular weight excluding hydrogens is 309 g/mol. The van der Waals surface area contributed by atoms with Gasteiger partial charge in [-0.3, -0.25) is 0 Å². The molecule has 0 bridgehead atoms. The van der Waals surface area contributed by atoms with Crippen molar-refractivity contribution in [2.75, 3.05) is 12.8 Å². The predicted molar refractivity (Wildman–Crippen MR) is 85.2 cm³/mol. The van der Waals surface area contributed by atoms with Gasteiger partial charge in [-0.1, -0.05) is 30.1 Å². The van der Waals surface area contributed by atoms with E-state index in [-0.39, 0.29) is 5.95 Å². The van der Waals surface area contributed by atoms with Gasteiger partial charge in [-0.15, -0.1) is 0 Å². The number of aromatic nitrogens is 2. The van der Waals surface area contributed by atoms with Crippen LogP contribution in [0.15, 0.2) is 12.1 Å². The number of nitrogens with two attached hydrogens (primary N) is 1. The Bertz CT molecular complexity index is 719. The number of nitrogen functional groups attached to an aromatic ring is 1. The Morgan fingerprint density at radius 3 is 2.71 bits per heavy atom. The van der Waals surface area contributed by atoms with Gasteiger partial charge in [-0.2, -0.15) is 0 Å². The molecule has 1 aliphatic carbocycles. The molecule has 0 saturated carbocycles. The fourth-order valence-corrected chi connectivity index (χ4v) is 3.31.